The quantitative estimate of drug-likeness (QED) is 0.899. The molecular weight excluding hydrogens is 313 g/mol. The highest BCUT2D eigenvalue weighted by atomic mass is 79.9. The normalized spacial score (nSPS) is 24.6. The van der Waals surface area contributed by atoms with Crippen molar-refractivity contribution < 1.29 is 13.9 Å². The van der Waals surface area contributed by atoms with Gasteiger partial charge in [-0.25, -0.2) is 4.39 Å². The van der Waals surface area contributed by atoms with Gasteiger partial charge >= 0.3 is 0 Å². The van der Waals surface area contributed by atoms with Crippen LogP contribution < -0.4 is 5.32 Å². The van der Waals surface area contributed by atoms with Gasteiger partial charge in [0.1, 0.15) is 11.4 Å². The summed E-state index contributed by atoms with van der Waals surface area (Å²) in [6, 6.07) is 5.06. The van der Waals surface area contributed by atoms with E-state index < -0.39 is 0 Å². The summed E-state index contributed by atoms with van der Waals surface area (Å²) < 4.78 is 25.5. The molecule has 106 valence electrons. The van der Waals surface area contributed by atoms with Gasteiger partial charge < -0.3 is 14.8 Å². The van der Waals surface area contributed by atoms with E-state index in [2.05, 4.69) is 21.2 Å². The lowest BCUT2D eigenvalue weighted by Crippen LogP contribution is -2.43. The van der Waals surface area contributed by atoms with E-state index in [1.165, 1.54) is 6.07 Å². The van der Waals surface area contributed by atoms with Crippen molar-refractivity contribution in [2.45, 2.75) is 25.0 Å². The fourth-order valence-electron chi connectivity index (χ4n) is 2.26. The Hall–Kier alpha value is -0.490. The molecule has 0 spiro atoms. The van der Waals surface area contributed by atoms with Crippen molar-refractivity contribution in [2.24, 2.45) is 0 Å². The predicted octanol–water partition coefficient (Wildman–Crippen LogP) is 3.04. The van der Waals surface area contributed by atoms with Crippen LogP contribution in [0.5, 0.6) is 0 Å². The number of methoxy groups -OCH3 is 1. The highest BCUT2D eigenvalue weighted by molar-refractivity contribution is 9.10. The van der Waals surface area contributed by atoms with Crippen molar-refractivity contribution in [3.63, 3.8) is 0 Å². The highest BCUT2D eigenvalue weighted by Crippen LogP contribution is 2.24. The summed E-state index contributed by atoms with van der Waals surface area (Å²) in [5.41, 5.74) is 0.383. The molecule has 1 aromatic carbocycles. The van der Waals surface area contributed by atoms with Gasteiger partial charge in [-0.3, -0.25) is 0 Å². The van der Waals surface area contributed by atoms with Crippen LogP contribution in [0.1, 0.15) is 24.9 Å². The van der Waals surface area contributed by atoms with Crippen molar-refractivity contribution in [3.8, 4) is 0 Å². The van der Waals surface area contributed by atoms with Gasteiger partial charge in [-0.1, -0.05) is 22.0 Å². The van der Waals surface area contributed by atoms with E-state index in [1.54, 1.807) is 13.2 Å². The van der Waals surface area contributed by atoms with Crippen LogP contribution in [0.25, 0.3) is 0 Å². The smallest absolute Gasteiger partial charge is 0.129 e. The first-order valence-corrected chi connectivity index (χ1v) is 7.17. The Bertz CT molecular complexity index is 435. The second-order valence-electron chi connectivity index (χ2n) is 4.96. The van der Waals surface area contributed by atoms with Crippen LogP contribution >= 0.6 is 15.9 Å². The Labute approximate surface area is 121 Å². The zero-order valence-electron chi connectivity index (χ0n) is 11.2. The number of hydrogen-bond acceptors (Lipinski definition) is 3. The fourth-order valence-corrected chi connectivity index (χ4v) is 2.60. The molecule has 0 saturated carbocycles. The third-order valence-electron chi connectivity index (χ3n) is 3.66. The summed E-state index contributed by atoms with van der Waals surface area (Å²) in [6.45, 7) is 3.91. The molecule has 0 aromatic heterocycles. The van der Waals surface area contributed by atoms with Gasteiger partial charge in [-0.05, 0) is 19.1 Å². The lowest BCUT2D eigenvalue weighted by molar-refractivity contribution is -0.0172. The maximum atomic E-state index is 13.9. The average Bonchev–Trinajstić information content (AvgIpc) is 2.85. The molecule has 1 heterocycles. The molecule has 2 atom stereocenters. The lowest BCUT2D eigenvalue weighted by Gasteiger charge is -2.28. The summed E-state index contributed by atoms with van der Waals surface area (Å²) in [4.78, 5) is 0. The van der Waals surface area contributed by atoms with Crippen molar-refractivity contribution in [1.82, 2.24) is 5.32 Å². The zero-order chi connectivity index (χ0) is 13.9. The second-order valence-corrected chi connectivity index (χ2v) is 5.87. The first-order chi connectivity index (χ1) is 9.06. The number of ether oxygens (including phenoxy) is 2. The molecule has 2 rings (SSSR count). The third kappa shape index (κ3) is 3.54. The Morgan fingerprint density at radius 1 is 1.58 bits per heavy atom. The fraction of sp³-hybridized carbons (Fsp3) is 0.571. The predicted molar refractivity (Wildman–Crippen MR) is 75.7 cm³/mol. The number of benzene rings is 1. The first-order valence-electron chi connectivity index (χ1n) is 6.37. The Balaban J connectivity index is 1.99. The molecule has 1 saturated heterocycles. The van der Waals surface area contributed by atoms with Gasteiger partial charge in [0.2, 0.25) is 0 Å². The minimum atomic E-state index is -0.278. The van der Waals surface area contributed by atoms with Crippen LogP contribution in [0, 0.1) is 5.82 Å². The molecule has 0 bridgehead atoms. The van der Waals surface area contributed by atoms with Crippen molar-refractivity contribution >= 4 is 15.9 Å². The average molecular weight is 332 g/mol. The van der Waals surface area contributed by atoms with Gasteiger partial charge in [-0.2, -0.15) is 0 Å². The van der Waals surface area contributed by atoms with Gasteiger partial charge in [-0.15, -0.1) is 0 Å². The van der Waals surface area contributed by atoms with Gasteiger partial charge in [0, 0.05) is 42.8 Å². The van der Waals surface area contributed by atoms with Crippen molar-refractivity contribution in [1.29, 1.82) is 0 Å². The van der Waals surface area contributed by atoms with Gasteiger partial charge in [0.05, 0.1) is 6.61 Å². The molecule has 5 heteroatoms. The second kappa shape index (κ2) is 6.31. The summed E-state index contributed by atoms with van der Waals surface area (Å²) in [5.74, 6) is -0.205. The Morgan fingerprint density at radius 2 is 2.37 bits per heavy atom. The van der Waals surface area contributed by atoms with E-state index in [0.717, 1.165) is 17.5 Å². The van der Waals surface area contributed by atoms with Crippen molar-refractivity contribution in [2.75, 3.05) is 26.9 Å². The van der Waals surface area contributed by atoms with Crippen LogP contribution in [0.4, 0.5) is 4.39 Å². The maximum absolute atomic E-state index is 13.9. The lowest BCUT2D eigenvalue weighted by atomic mass is 10.0. The highest BCUT2D eigenvalue weighted by Gasteiger charge is 2.35. The van der Waals surface area contributed by atoms with E-state index in [1.807, 2.05) is 13.0 Å². The number of hydrogen-bond donors (Lipinski definition) is 1. The third-order valence-corrected chi connectivity index (χ3v) is 4.15. The minimum absolute atomic E-state index is 0.0688. The van der Waals surface area contributed by atoms with E-state index in [-0.39, 0.29) is 17.5 Å². The van der Waals surface area contributed by atoms with E-state index in [9.17, 15) is 4.39 Å². The first kappa shape index (κ1) is 14.9. The van der Waals surface area contributed by atoms with Gasteiger partial charge in [0.15, 0.2) is 0 Å². The molecule has 1 fully saturated rings. The number of nitrogens with one attached hydrogen (secondary N) is 1. The topological polar surface area (TPSA) is 30.5 Å². The molecule has 3 nitrogen and oxygen atoms in total. The Morgan fingerprint density at radius 3 is 2.95 bits per heavy atom. The molecule has 1 aliphatic rings. The van der Waals surface area contributed by atoms with Crippen LogP contribution in [-0.4, -0.2) is 32.5 Å². The van der Waals surface area contributed by atoms with Crippen LogP contribution in [0.3, 0.4) is 0 Å². The van der Waals surface area contributed by atoms with Crippen molar-refractivity contribution in [3.05, 3.63) is 34.1 Å². The zero-order valence-corrected chi connectivity index (χ0v) is 12.8. The van der Waals surface area contributed by atoms with E-state index in [0.29, 0.717) is 18.7 Å². The largest absolute Gasteiger partial charge is 0.378 e. The molecule has 1 aliphatic heterocycles. The van der Waals surface area contributed by atoms with E-state index >= 15 is 0 Å². The molecule has 0 amide bonds. The number of rotatable bonds is 5. The van der Waals surface area contributed by atoms with Crippen LogP contribution in [0.15, 0.2) is 22.7 Å². The Kier molecular flexibility index (Phi) is 4.95. The molecule has 1 N–H and O–H groups in total. The number of halogens is 2. The molecule has 2 unspecified atom stereocenters. The van der Waals surface area contributed by atoms with Crippen LogP contribution in [0.2, 0.25) is 0 Å². The molecule has 0 radical (unpaired) electrons. The molecular formula is C14H19BrFNO2. The maximum Gasteiger partial charge on any atom is 0.129 e. The summed E-state index contributed by atoms with van der Waals surface area (Å²) in [5, 5.41) is 3.33. The molecule has 1 aromatic rings. The van der Waals surface area contributed by atoms with Crippen LogP contribution in [-0.2, 0) is 9.47 Å². The standard InChI is InChI=1S/C14H19BrFNO2/c1-10(12-4-3-11(15)7-13(12)16)17-8-14(18-2)5-6-19-9-14/h3-4,7,10,17H,5-6,8-9H2,1-2H3. The molecule has 19 heavy (non-hydrogen) atoms. The van der Waals surface area contributed by atoms with E-state index in [4.69, 9.17) is 9.47 Å². The minimum Gasteiger partial charge on any atom is -0.378 e. The monoisotopic (exact) mass is 331 g/mol. The summed E-state index contributed by atoms with van der Waals surface area (Å²) >= 11 is 3.26. The molecule has 0 aliphatic carbocycles. The summed E-state index contributed by atoms with van der Waals surface area (Å²) in [6.07, 6.45) is 0.867. The summed E-state index contributed by atoms with van der Waals surface area (Å²) in [7, 11) is 1.70. The SMILES string of the molecule is COC1(CNC(C)c2ccc(Br)cc2F)CCOC1. The van der Waals surface area contributed by atoms with Gasteiger partial charge in [0.25, 0.3) is 0 Å².